The molecule has 0 atom stereocenters. The second-order valence-corrected chi connectivity index (χ2v) is 8.46. The van der Waals surface area contributed by atoms with Gasteiger partial charge in [0.2, 0.25) is 5.91 Å². The molecule has 4 rings (SSSR count). The Morgan fingerprint density at radius 3 is 2.82 bits per heavy atom. The van der Waals surface area contributed by atoms with E-state index in [1.807, 2.05) is 30.7 Å². The highest BCUT2D eigenvalue weighted by molar-refractivity contribution is 6.06. The minimum Gasteiger partial charge on any atom is -0.494 e. The molecule has 1 aromatic carbocycles. The molecule has 1 amide bonds. The van der Waals surface area contributed by atoms with E-state index in [1.165, 1.54) is 6.33 Å². The Morgan fingerprint density at radius 2 is 2.06 bits per heavy atom. The van der Waals surface area contributed by atoms with Gasteiger partial charge < -0.3 is 29.4 Å². The van der Waals surface area contributed by atoms with E-state index in [0.29, 0.717) is 72.1 Å². The van der Waals surface area contributed by atoms with Crippen molar-refractivity contribution in [2.24, 2.45) is 4.99 Å². The number of aromatic nitrogens is 3. The number of nitrogens with one attached hydrogen (secondary N) is 1. The van der Waals surface area contributed by atoms with Crippen LogP contribution in [0.1, 0.15) is 32.3 Å². The summed E-state index contributed by atoms with van der Waals surface area (Å²) in [5, 5.41) is 11.2. The van der Waals surface area contributed by atoms with Crippen molar-refractivity contribution in [3.63, 3.8) is 0 Å². The van der Waals surface area contributed by atoms with Crippen LogP contribution < -0.4 is 14.4 Å². The van der Waals surface area contributed by atoms with E-state index >= 15 is 0 Å². The predicted octanol–water partition coefficient (Wildman–Crippen LogP) is 3.27. The molecule has 0 fully saturated rings. The number of aromatic amines is 1. The number of anilines is 1. The number of methoxy groups -OCH3 is 1. The van der Waals surface area contributed by atoms with Crippen LogP contribution in [-0.4, -0.2) is 77.0 Å². The number of rotatable bonds is 2. The number of likely N-dealkylation sites (N-methyl/N-ethyl adjacent to an activating group) is 1. The van der Waals surface area contributed by atoms with Gasteiger partial charge in [-0.25, -0.2) is 9.97 Å². The van der Waals surface area contributed by atoms with Gasteiger partial charge in [0.05, 0.1) is 30.4 Å². The van der Waals surface area contributed by atoms with Crippen LogP contribution >= 0.6 is 0 Å². The quantitative estimate of drug-likeness (QED) is 0.595. The highest BCUT2D eigenvalue weighted by Crippen LogP contribution is 2.34. The van der Waals surface area contributed by atoms with Crippen LogP contribution in [-0.2, 0) is 4.79 Å². The number of fused-ring (bicyclic) bond motifs is 2. The molecule has 2 aromatic heterocycles. The Bertz CT molecular complexity index is 1210. The van der Waals surface area contributed by atoms with E-state index in [-0.39, 0.29) is 17.8 Å². The van der Waals surface area contributed by atoms with Crippen molar-refractivity contribution >= 4 is 34.7 Å². The van der Waals surface area contributed by atoms with Gasteiger partial charge in [-0.15, -0.1) is 0 Å². The molecule has 1 aliphatic rings. The van der Waals surface area contributed by atoms with Gasteiger partial charge >= 0.3 is 0 Å². The zero-order chi connectivity index (χ0) is 24.2. The average molecular weight is 467 g/mol. The van der Waals surface area contributed by atoms with Gasteiger partial charge in [-0.2, -0.15) is 0 Å². The number of ether oxygens (including phenoxy) is 2. The largest absolute Gasteiger partial charge is 0.494 e. The summed E-state index contributed by atoms with van der Waals surface area (Å²) in [5.41, 5.74) is 1.61. The SMILES string of the molecule is COc1ccc2cc1OCCCC(=O)N(C(C)C)CCN(C)c1ncnc3[nH]c(O)c(c13)C=N2. The summed E-state index contributed by atoms with van der Waals surface area (Å²) >= 11 is 0. The number of hydrogen-bond acceptors (Lipinski definition) is 8. The van der Waals surface area contributed by atoms with E-state index in [1.54, 1.807) is 31.5 Å². The lowest BCUT2D eigenvalue weighted by atomic mass is 10.2. The first kappa shape index (κ1) is 23.3. The zero-order valence-electron chi connectivity index (χ0n) is 19.9. The molecule has 0 saturated carbocycles. The molecule has 0 saturated heterocycles. The molecule has 0 aliphatic carbocycles. The normalized spacial score (nSPS) is 15.5. The number of carbonyl (C=O) groups excluding carboxylic acids is 1. The smallest absolute Gasteiger partial charge is 0.222 e. The minimum absolute atomic E-state index is 0.0456. The van der Waals surface area contributed by atoms with Crippen LogP contribution in [0.5, 0.6) is 17.4 Å². The molecule has 3 aromatic rings. The van der Waals surface area contributed by atoms with Crippen LogP contribution in [0.15, 0.2) is 29.5 Å². The van der Waals surface area contributed by atoms with Crippen LogP contribution in [0.25, 0.3) is 11.0 Å². The molecule has 1 aliphatic heterocycles. The highest BCUT2D eigenvalue weighted by Gasteiger charge is 2.21. The lowest BCUT2D eigenvalue weighted by Crippen LogP contribution is -2.42. The first-order valence-electron chi connectivity index (χ1n) is 11.3. The van der Waals surface area contributed by atoms with Gasteiger partial charge in [-0.1, -0.05) is 0 Å². The van der Waals surface area contributed by atoms with Gasteiger partial charge in [0.15, 0.2) is 17.4 Å². The first-order chi connectivity index (χ1) is 16.4. The van der Waals surface area contributed by atoms with Crippen molar-refractivity contribution in [2.45, 2.75) is 32.7 Å². The van der Waals surface area contributed by atoms with Crippen molar-refractivity contribution in [3.8, 4) is 17.4 Å². The lowest BCUT2D eigenvalue weighted by molar-refractivity contribution is -0.133. The van der Waals surface area contributed by atoms with Crippen LogP contribution in [0.4, 0.5) is 11.5 Å². The molecular formula is C24H30N6O4. The first-order valence-corrected chi connectivity index (χ1v) is 11.3. The number of carbonyl (C=O) groups is 1. The number of benzene rings is 1. The van der Waals surface area contributed by atoms with Gasteiger partial charge in [0.25, 0.3) is 0 Å². The molecule has 3 heterocycles. The molecule has 2 bridgehead atoms. The molecule has 180 valence electrons. The van der Waals surface area contributed by atoms with E-state index in [4.69, 9.17) is 9.47 Å². The Balaban J connectivity index is 1.79. The van der Waals surface area contributed by atoms with Gasteiger partial charge in [0.1, 0.15) is 17.8 Å². The molecule has 10 heteroatoms. The second kappa shape index (κ2) is 9.98. The predicted molar refractivity (Wildman–Crippen MR) is 131 cm³/mol. The number of hydrogen-bond donors (Lipinski definition) is 2. The zero-order valence-corrected chi connectivity index (χ0v) is 19.9. The van der Waals surface area contributed by atoms with Crippen molar-refractivity contribution in [1.29, 1.82) is 0 Å². The third kappa shape index (κ3) is 4.75. The van der Waals surface area contributed by atoms with E-state index in [9.17, 15) is 9.90 Å². The summed E-state index contributed by atoms with van der Waals surface area (Å²) in [6, 6.07) is 5.41. The summed E-state index contributed by atoms with van der Waals surface area (Å²) in [5.74, 6) is 1.80. The maximum absolute atomic E-state index is 12.9. The molecule has 0 spiro atoms. The minimum atomic E-state index is -0.0456. The lowest BCUT2D eigenvalue weighted by Gasteiger charge is -2.29. The van der Waals surface area contributed by atoms with E-state index < -0.39 is 0 Å². The van der Waals surface area contributed by atoms with E-state index in [2.05, 4.69) is 19.9 Å². The van der Waals surface area contributed by atoms with Crippen LogP contribution in [0, 0.1) is 0 Å². The van der Waals surface area contributed by atoms with Crippen molar-refractivity contribution in [1.82, 2.24) is 19.9 Å². The van der Waals surface area contributed by atoms with Gasteiger partial charge in [0, 0.05) is 44.9 Å². The fraction of sp³-hybridized carbons (Fsp3) is 0.417. The number of amides is 1. The van der Waals surface area contributed by atoms with Crippen molar-refractivity contribution in [2.75, 3.05) is 38.8 Å². The molecular weight excluding hydrogens is 436 g/mol. The van der Waals surface area contributed by atoms with E-state index in [0.717, 1.165) is 0 Å². The average Bonchev–Trinajstić information content (AvgIpc) is 3.14. The van der Waals surface area contributed by atoms with Crippen molar-refractivity contribution in [3.05, 3.63) is 30.1 Å². The maximum Gasteiger partial charge on any atom is 0.222 e. The summed E-state index contributed by atoms with van der Waals surface area (Å²) in [6.45, 7) is 5.49. The Labute approximate surface area is 198 Å². The number of aromatic hydroxyl groups is 1. The number of H-pyrrole nitrogens is 1. The number of aliphatic imine (C=N–C) groups is 1. The molecule has 0 unspecified atom stereocenters. The monoisotopic (exact) mass is 466 g/mol. The molecule has 10 nitrogen and oxygen atoms in total. The van der Waals surface area contributed by atoms with Crippen molar-refractivity contribution < 1.29 is 19.4 Å². The topological polar surface area (TPSA) is 116 Å². The van der Waals surface area contributed by atoms with Crippen LogP contribution in [0.2, 0.25) is 0 Å². The maximum atomic E-state index is 12.9. The summed E-state index contributed by atoms with van der Waals surface area (Å²) in [6.07, 6.45) is 4.00. The Hall–Kier alpha value is -3.82. The summed E-state index contributed by atoms with van der Waals surface area (Å²) in [4.78, 5) is 33.0. The third-order valence-corrected chi connectivity index (χ3v) is 5.85. The highest BCUT2D eigenvalue weighted by atomic mass is 16.5. The standard InChI is InChI=1S/C24H30N6O4/c1-15(2)30-10-9-29(3)23-21-17(24(32)28-22(21)26-14-27-23)13-25-16-7-8-18(33-4)19(12-16)34-11-5-6-20(30)31/h7-8,12-15,32H,5-6,9-11H2,1-4H3,(H,26,27,28). The molecule has 34 heavy (non-hydrogen) atoms. The molecule has 2 N–H and O–H groups in total. The second-order valence-electron chi connectivity index (χ2n) is 8.46. The third-order valence-electron chi connectivity index (χ3n) is 5.85. The fourth-order valence-electron chi connectivity index (χ4n) is 4.01. The molecule has 0 radical (unpaired) electrons. The van der Waals surface area contributed by atoms with Gasteiger partial charge in [-0.3, -0.25) is 9.79 Å². The number of nitrogens with zero attached hydrogens (tertiary/aromatic N) is 5. The summed E-state index contributed by atoms with van der Waals surface area (Å²) < 4.78 is 11.3. The van der Waals surface area contributed by atoms with Crippen LogP contribution in [0.3, 0.4) is 0 Å². The van der Waals surface area contributed by atoms with Gasteiger partial charge in [-0.05, 0) is 32.4 Å². The fourth-order valence-corrected chi connectivity index (χ4v) is 4.01. The Morgan fingerprint density at radius 1 is 1.24 bits per heavy atom. The Kier molecular flexibility index (Phi) is 6.85. The summed E-state index contributed by atoms with van der Waals surface area (Å²) in [7, 11) is 3.49.